The lowest BCUT2D eigenvalue weighted by Gasteiger charge is -2.32. The molecule has 4 aromatic heterocycles. The third-order valence-corrected chi connectivity index (χ3v) is 8.46. The summed E-state index contributed by atoms with van der Waals surface area (Å²) in [5.74, 6) is 1.66. The van der Waals surface area contributed by atoms with Crippen LogP contribution in [0.25, 0.3) is 33.8 Å². The third kappa shape index (κ3) is 5.13. The van der Waals surface area contributed by atoms with Crippen molar-refractivity contribution in [3.05, 3.63) is 40.1 Å². The van der Waals surface area contributed by atoms with Gasteiger partial charge < -0.3 is 18.9 Å². The molecule has 0 bridgehead atoms. The van der Waals surface area contributed by atoms with E-state index < -0.39 is 5.76 Å². The summed E-state index contributed by atoms with van der Waals surface area (Å²) in [4.78, 5) is 31.2. The number of aromatic amines is 1. The Morgan fingerprint density at radius 1 is 1.10 bits per heavy atom. The van der Waals surface area contributed by atoms with Crippen LogP contribution in [-0.4, -0.2) is 62.8 Å². The van der Waals surface area contributed by atoms with E-state index in [-0.39, 0.29) is 18.1 Å². The first-order valence-corrected chi connectivity index (χ1v) is 14.2. The Morgan fingerprint density at radius 2 is 1.93 bits per heavy atom. The average molecular weight is 568 g/mol. The number of rotatable bonds is 8. The SMILES string of the molecule is COC[C@@H]1CCC(OC)N1c1nc2cc(-c3noc(=O)[nH]3)nc(-c3cncc(Cl)c3)c2n1C[C@H]1CC[C@H](C)CC1. The van der Waals surface area contributed by atoms with E-state index in [1.165, 1.54) is 12.8 Å². The molecular weight excluding hydrogens is 534 g/mol. The second kappa shape index (κ2) is 11.3. The molecule has 2 atom stereocenters. The topological polar surface area (TPSA) is 124 Å². The van der Waals surface area contributed by atoms with Gasteiger partial charge >= 0.3 is 5.76 Å². The summed E-state index contributed by atoms with van der Waals surface area (Å²) in [7, 11) is 3.47. The van der Waals surface area contributed by atoms with Crippen LogP contribution in [0.3, 0.4) is 0 Å². The number of aromatic nitrogens is 6. The zero-order valence-electron chi connectivity index (χ0n) is 23.0. The molecule has 6 rings (SSSR count). The molecule has 212 valence electrons. The zero-order chi connectivity index (χ0) is 27.8. The summed E-state index contributed by atoms with van der Waals surface area (Å²) in [6, 6.07) is 3.80. The summed E-state index contributed by atoms with van der Waals surface area (Å²) in [5, 5.41) is 4.38. The van der Waals surface area contributed by atoms with Crippen LogP contribution in [0, 0.1) is 11.8 Å². The van der Waals surface area contributed by atoms with E-state index in [1.54, 1.807) is 26.6 Å². The Bertz CT molecular complexity index is 1540. The number of halogens is 1. The number of ether oxygens (including phenoxy) is 2. The van der Waals surface area contributed by atoms with Crippen molar-refractivity contribution in [2.45, 2.75) is 64.3 Å². The second-order valence-electron chi connectivity index (χ2n) is 11.0. The van der Waals surface area contributed by atoms with E-state index in [2.05, 4.69) is 31.5 Å². The van der Waals surface area contributed by atoms with Crippen molar-refractivity contribution in [3.63, 3.8) is 0 Å². The smallest absolute Gasteiger partial charge is 0.383 e. The predicted molar refractivity (Wildman–Crippen MR) is 151 cm³/mol. The van der Waals surface area contributed by atoms with Crippen molar-refractivity contribution in [2.24, 2.45) is 11.8 Å². The summed E-state index contributed by atoms with van der Waals surface area (Å²) in [6.07, 6.45) is 9.78. The minimum atomic E-state index is -0.650. The number of hydrogen-bond donors (Lipinski definition) is 1. The summed E-state index contributed by atoms with van der Waals surface area (Å²) < 4.78 is 18.6. The van der Waals surface area contributed by atoms with Crippen LogP contribution in [0.4, 0.5) is 5.95 Å². The number of pyridine rings is 2. The Morgan fingerprint density at radius 3 is 2.62 bits per heavy atom. The van der Waals surface area contributed by atoms with Crippen LogP contribution in [0.2, 0.25) is 5.02 Å². The number of nitrogens with one attached hydrogen (secondary N) is 1. The van der Waals surface area contributed by atoms with Gasteiger partial charge in [0.25, 0.3) is 0 Å². The quantitative estimate of drug-likeness (QED) is 0.316. The molecule has 11 nitrogen and oxygen atoms in total. The number of methoxy groups -OCH3 is 2. The highest BCUT2D eigenvalue weighted by atomic mass is 35.5. The fraction of sp³-hybridized carbons (Fsp3) is 0.536. The molecule has 2 fully saturated rings. The number of hydrogen-bond acceptors (Lipinski definition) is 9. The van der Waals surface area contributed by atoms with Crippen LogP contribution in [0.5, 0.6) is 0 Å². The highest BCUT2D eigenvalue weighted by Gasteiger charge is 2.38. The van der Waals surface area contributed by atoms with E-state index in [1.807, 2.05) is 12.1 Å². The Labute approximate surface area is 236 Å². The van der Waals surface area contributed by atoms with Crippen molar-refractivity contribution in [3.8, 4) is 22.8 Å². The first-order chi connectivity index (χ1) is 19.4. The maximum absolute atomic E-state index is 11.8. The standard InChI is InChI=1S/C28H34ClN7O4/c1-16-4-6-17(7-5-16)14-35-25-21(32-27(35)36-20(15-38-2)8-9-23(36)39-3)11-22(26-33-28(37)40-34-26)31-24(25)18-10-19(29)13-30-12-18/h10-13,16-17,20,23H,4-9,14-15H2,1-3H3,(H,33,34,37)/t16-,17-,20-,23?/m0/s1. The van der Waals surface area contributed by atoms with Crippen molar-refractivity contribution in [2.75, 3.05) is 25.7 Å². The lowest BCUT2D eigenvalue weighted by Crippen LogP contribution is -2.41. The monoisotopic (exact) mass is 567 g/mol. The molecule has 0 amide bonds. The number of imidazole rings is 1. The van der Waals surface area contributed by atoms with E-state index in [0.717, 1.165) is 60.7 Å². The van der Waals surface area contributed by atoms with Crippen molar-refractivity contribution < 1.29 is 14.0 Å². The first kappa shape index (κ1) is 26.9. The molecule has 12 heteroatoms. The Balaban J connectivity index is 1.59. The van der Waals surface area contributed by atoms with Gasteiger partial charge in [-0.05, 0) is 49.7 Å². The number of nitrogens with zero attached hydrogens (tertiary/aromatic N) is 6. The molecule has 2 aliphatic rings. The van der Waals surface area contributed by atoms with Crippen LogP contribution in [0.15, 0.2) is 33.8 Å². The number of H-pyrrole nitrogens is 1. The van der Waals surface area contributed by atoms with Gasteiger partial charge in [0.15, 0.2) is 0 Å². The van der Waals surface area contributed by atoms with Crippen LogP contribution >= 0.6 is 11.6 Å². The van der Waals surface area contributed by atoms with Gasteiger partial charge in [-0.3, -0.25) is 14.5 Å². The molecule has 4 aromatic rings. The molecule has 1 N–H and O–H groups in total. The number of anilines is 1. The lowest BCUT2D eigenvalue weighted by molar-refractivity contribution is 0.102. The zero-order valence-corrected chi connectivity index (χ0v) is 23.7. The summed E-state index contributed by atoms with van der Waals surface area (Å²) in [5.41, 5.74) is 3.44. The van der Waals surface area contributed by atoms with Crippen molar-refractivity contribution in [1.82, 2.24) is 29.7 Å². The second-order valence-corrected chi connectivity index (χ2v) is 11.4. The predicted octanol–water partition coefficient (Wildman–Crippen LogP) is 4.90. The molecule has 0 radical (unpaired) electrons. The molecule has 1 unspecified atom stereocenters. The highest BCUT2D eigenvalue weighted by molar-refractivity contribution is 6.30. The van der Waals surface area contributed by atoms with Gasteiger partial charge in [0.1, 0.15) is 11.9 Å². The fourth-order valence-corrected chi connectivity index (χ4v) is 6.39. The molecular formula is C28H34ClN7O4. The molecule has 1 aliphatic carbocycles. The van der Waals surface area contributed by atoms with Gasteiger partial charge in [0, 0.05) is 38.7 Å². The van der Waals surface area contributed by atoms with Crippen molar-refractivity contribution >= 4 is 28.6 Å². The van der Waals surface area contributed by atoms with Gasteiger partial charge in [-0.25, -0.2) is 14.8 Å². The van der Waals surface area contributed by atoms with Gasteiger partial charge in [-0.1, -0.05) is 36.5 Å². The highest BCUT2D eigenvalue weighted by Crippen LogP contribution is 2.39. The molecule has 5 heterocycles. The van der Waals surface area contributed by atoms with E-state index in [9.17, 15) is 4.79 Å². The largest absolute Gasteiger partial charge is 0.439 e. The summed E-state index contributed by atoms with van der Waals surface area (Å²) in [6.45, 7) is 3.70. The van der Waals surface area contributed by atoms with Crippen LogP contribution < -0.4 is 10.7 Å². The van der Waals surface area contributed by atoms with Gasteiger partial charge in [-0.15, -0.1) is 0 Å². The van der Waals surface area contributed by atoms with E-state index in [4.69, 9.17) is 35.6 Å². The Kier molecular flexibility index (Phi) is 7.61. The molecule has 40 heavy (non-hydrogen) atoms. The van der Waals surface area contributed by atoms with Crippen molar-refractivity contribution in [1.29, 1.82) is 0 Å². The van der Waals surface area contributed by atoms with Gasteiger partial charge in [0.05, 0.1) is 34.4 Å². The lowest BCUT2D eigenvalue weighted by atomic mass is 9.83. The minimum Gasteiger partial charge on any atom is -0.383 e. The van der Waals surface area contributed by atoms with Gasteiger partial charge in [-0.2, -0.15) is 0 Å². The molecule has 0 spiro atoms. The van der Waals surface area contributed by atoms with Crippen LogP contribution in [0.1, 0.15) is 45.4 Å². The van der Waals surface area contributed by atoms with Crippen LogP contribution in [-0.2, 0) is 16.0 Å². The Hall–Kier alpha value is -3.28. The van der Waals surface area contributed by atoms with E-state index >= 15 is 0 Å². The molecule has 1 aliphatic heterocycles. The van der Waals surface area contributed by atoms with E-state index in [0.29, 0.717) is 28.9 Å². The normalized spacial score (nSPS) is 23.4. The fourth-order valence-electron chi connectivity index (χ4n) is 6.22. The third-order valence-electron chi connectivity index (χ3n) is 8.25. The minimum absolute atomic E-state index is 0.118. The molecule has 1 saturated heterocycles. The maximum atomic E-state index is 11.8. The first-order valence-electron chi connectivity index (χ1n) is 13.8. The molecule has 1 saturated carbocycles. The van der Waals surface area contributed by atoms with Gasteiger partial charge in [0.2, 0.25) is 11.8 Å². The summed E-state index contributed by atoms with van der Waals surface area (Å²) >= 11 is 6.39. The molecule has 0 aromatic carbocycles. The maximum Gasteiger partial charge on any atom is 0.439 e. The number of fused-ring (bicyclic) bond motifs is 1. The average Bonchev–Trinajstić information content (AvgIpc) is 3.66.